The van der Waals surface area contributed by atoms with E-state index in [1.54, 1.807) is 0 Å². The molecule has 1 aromatic rings. The maximum Gasteiger partial charge on any atom is 0.266 e. The van der Waals surface area contributed by atoms with E-state index >= 15 is 0 Å². The highest BCUT2D eigenvalue weighted by Crippen LogP contribution is 2.28. The minimum Gasteiger partial charge on any atom is -0.296 e. The number of hydrogen-bond acceptors (Lipinski definition) is 3. The summed E-state index contributed by atoms with van der Waals surface area (Å²) in [4.78, 5) is 13.7. The second kappa shape index (κ2) is 4.11. The van der Waals surface area contributed by atoms with Gasteiger partial charge in [0.15, 0.2) is 6.29 Å². The van der Waals surface area contributed by atoms with Crippen LogP contribution in [0.3, 0.4) is 0 Å². The van der Waals surface area contributed by atoms with E-state index < -0.39 is 17.6 Å². The number of nitriles is 1. The summed E-state index contributed by atoms with van der Waals surface area (Å²) in [6.45, 7) is 0. The van der Waals surface area contributed by atoms with E-state index in [4.69, 9.17) is 16.9 Å². The van der Waals surface area contributed by atoms with Crippen molar-refractivity contribution in [3.8, 4) is 6.07 Å². The van der Waals surface area contributed by atoms with Crippen LogP contribution in [0.4, 0.5) is 8.78 Å². The van der Waals surface area contributed by atoms with Crippen molar-refractivity contribution in [1.29, 1.82) is 5.26 Å². The molecule has 0 aliphatic rings. The SMILES string of the molecule is N#Cc1c(C(F)F)cnc(C=O)c1Cl. The Balaban J connectivity index is 3.45. The number of aromatic nitrogens is 1. The summed E-state index contributed by atoms with van der Waals surface area (Å²) >= 11 is 5.51. The first-order valence-corrected chi connectivity index (χ1v) is 3.81. The summed E-state index contributed by atoms with van der Waals surface area (Å²) in [6, 6.07) is 1.51. The lowest BCUT2D eigenvalue weighted by Crippen LogP contribution is -1.98. The van der Waals surface area contributed by atoms with Gasteiger partial charge >= 0.3 is 0 Å². The first-order chi connectivity index (χ1) is 6.61. The molecule has 0 radical (unpaired) electrons. The Hall–Kier alpha value is -1.54. The van der Waals surface area contributed by atoms with Gasteiger partial charge in [0, 0.05) is 6.20 Å². The van der Waals surface area contributed by atoms with Crippen LogP contribution in [-0.2, 0) is 0 Å². The highest BCUT2D eigenvalue weighted by molar-refractivity contribution is 6.33. The highest BCUT2D eigenvalue weighted by atomic mass is 35.5. The molecule has 1 heterocycles. The van der Waals surface area contributed by atoms with Crippen LogP contribution in [0, 0.1) is 11.3 Å². The summed E-state index contributed by atoms with van der Waals surface area (Å²) in [6.07, 6.45) is -1.76. The molecule has 0 aromatic carbocycles. The first kappa shape index (κ1) is 10.5. The zero-order valence-corrected chi connectivity index (χ0v) is 7.42. The lowest BCUT2D eigenvalue weighted by atomic mass is 10.1. The first-order valence-electron chi connectivity index (χ1n) is 3.43. The minimum absolute atomic E-state index is 0.215. The van der Waals surface area contributed by atoms with Crippen molar-refractivity contribution >= 4 is 17.9 Å². The third kappa shape index (κ3) is 1.70. The molecule has 14 heavy (non-hydrogen) atoms. The largest absolute Gasteiger partial charge is 0.296 e. The Morgan fingerprint density at radius 3 is 2.71 bits per heavy atom. The lowest BCUT2D eigenvalue weighted by molar-refractivity contribution is 0.111. The van der Waals surface area contributed by atoms with E-state index in [1.807, 2.05) is 0 Å². The molecule has 0 aliphatic carbocycles. The Bertz CT molecular complexity index is 415. The summed E-state index contributed by atoms with van der Waals surface area (Å²) in [5.41, 5.74) is -1.19. The third-order valence-electron chi connectivity index (χ3n) is 1.53. The number of hydrogen-bond donors (Lipinski definition) is 0. The van der Waals surface area contributed by atoms with Gasteiger partial charge in [-0.1, -0.05) is 11.6 Å². The normalized spacial score (nSPS) is 9.93. The van der Waals surface area contributed by atoms with E-state index in [1.165, 1.54) is 6.07 Å². The number of aldehydes is 1. The minimum atomic E-state index is -2.84. The molecule has 0 bridgehead atoms. The number of alkyl halides is 2. The Morgan fingerprint density at radius 1 is 1.64 bits per heavy atom. The molecule has 0 spiro atoms. The molecular formula is C8H3ClF2N2O. The summed E-state index contributed by atoms with van der Waals surface area (Å²) in [5, 5.41) is 8.22. The topological polar surface area (TPSA) is 53.8 Å². The maximum atomic E-state index is 12.3. The molecule has 1 aromatic heterocycles. The predicted octanol–water partition coefficient (Wildman–Crippen LogP) is 2.36. The maximum absolute atomic E-state index is 12.3. The molecule has 6 heteroatoms. The smallest absolute Gasteiger partial charge is 0.266 e. The van der Waals surface area contributed by atoms with E-state index in [-0.39, 0.29) is 10.7 Å². The summed E-state index contributed by atoms with van der Waals surface area (Å²) < 4.78 is 24.6. The van der Waals surface area contributed by atoms with Gasteiger partial charge in [-0.2, -0.15) is 5.26 Å². The molecule has 0 atom stereocenters. The van der Waals surface area contributed by atoms with E-state index in [2.05, 4.69) is 4.98 Å². The Morgan fingerprint density at radius 2 is 2.29 bits per heavy atom. The molecule has 1 rings (SSSR count). The molecular weight excluding hydrogens is 214 g/mol. The fraction of sp³-hybridized carbons (Fsp3) is 0.125. The molecule has 0 N–H and O–H groups in total. The highest BCUT2D eigenvalue weighted by Gasteiger charge is 2.18. The van der Waals surface area contributed by atoms with Gasteiger partial charge in [-0.15, -0.1) is 0 Å². The van der Waals surface area contributed by atoms with Crippen LogP contribution in [0.1, 0.15) is 28.0 Å². The van der Waals surface area contributed by atoms with Crippen molar-refractivity contribution in [1.82, 2.24) is 4.98 Å². The molecule has 3 nitrogen and oxygen atoms in total. The second-order valence-electron chi connectivity index (χ2n) is 2.32. The van der Waals surface area contributed by atoms with Crippen LogP contribution < -0.4 is 0 Å². The predicted molar refractivity (Wildman–Crippen MR) is 44.3 cm³/mol. The van der Waals surface area contributed by atoms with Gasteiger partial charge in [0.25, 0.3) is 6.43 Å². The van der Waals surface area contributed by atoms with E-state index in [0.717, 1.165) is 6.20 Å². The Kier molecular flexibility index (Phi) is 3.10. The van der Waals surface area contributed by atoms with Crippen LogP contribution >= 0.6 is 11.6 Å². The number of pyridine rings is 1. The van der Waals surface area contributed by atoms with Crippen LogP contribution in [0.2, 0.25) is 5.02 Å². The summed E-state index contributed by atoms with van der Waals surface area (Å²) in [5.74, 6) is 0. The molecule has 0 aliphatic heterocycles. The number of nitrogens with zero attached hydrogens (tertiary/aromatic N) is 2. The van der Waals surface area contributed by atoms with Gasteiger partial charge in [0.1, 0.15) is 11.8 Å². The van der Waals surface area contributed by atoms with Crippen molar-refractivity contribution in [2.24, 2.45) is 0 Å². The van der Waals surface area contributed by atoms with Gasteiger partial charge in [0.05, 0.1) is 16.1 Å². The van der Waals surface area contributed by atoms with Gasteiger partial charge in [-0.25, -0.2) is 8.78 Å². The van der Waals surface area contributed by atoms with Gasteiger partial charge < -0.3 is 0 Å². The zero-order valence-electron chi connectivity index (χ0n) is 6.67. The van der Waals surface area contributed by atoms with E-state index in [9.17, 15) is 13.6 Å². The van der Waals surface area contributed by atoms with Gasteiger partial charge in [-0.05, 0) is 0 Å². The average molecular weight is 217 g/mol. The number of carbonyl (C=O) groups excluding carboxylic acids is 1. The van der Waals surface area contributed by atoms with Crippen LogP contribution in [-0.4, -0.2) is 11.3 Å². The van der Waals surface area contributed by atoms with Gasteiger partial charge in [-0.3, -0.25) is 9.78 Å². The van der Waals surface area contributed by atoms with Crippen LogP contribution in [0.5, 0.6) is 0 Å². The van der Waals surface area contributed by atoms with Crippen LogP contribution in [0.15, 0.2) is 6.20 Å². The number of carbonyl (C=O) groups is 1. The van der Waals surface area contributed by atoms with Crippen LogP contribution in [0.25, 0.3) is 0 Å². The van der Waals surface area contributed by atoms with Crippen molar-refractivity contribution in [3.63, 3.8) is 0 Å². The van der Waals surface area contributed by atoms with Crippen molar-refractivity contribution < 1.29 is 13.6 Å². The number of halogens is 3. The van der Waals surface area contributed by atoms with Crippen molar-refractivity contribution in [2.75, 3.05) is 0 Å². The molecule has 0 amide bonds. The van der Waals surface area contributed by atoms with Crippen molar-refractivity contribution in [3.05, 3.63) is 28.0 Å². The average Bonchev–Trinajstić information content (AvgIpc) is 2.17. The molecule has 0 fully saturated rings. The lowest BCUT2D eigenvalue weighted by Gasteiger charge is -2.04. The van der Waals surface area contributed by atoms with Gasteiger partial charge in [0.2, 0.25) is 0 Å². The third-order valence-corrected chi connectivity index (χ3v) is 1.92. The molecule has 0 unspecified atom stereocenters. The molecule has 0 saturated carbocycles. The standard InChI is InChI=1S/C8H3ClF2N2O/c9-7-4(1-12)5(8(10)11)2-13-6(7)3-14/h2-3,8H. The fourth-order valence-electron chi connectivity index (χ4n) is 0.876. The van der Waals surface area contributed by atoms with Crippen molar-refractivity contribution in [2.45, 2.75) is 6.43 Å². The molecule has 0 saturated heterocycles. The Labute approximate surface area is 82.9 Å². The zero-order chi connectivity index (χ0) is 10.7. The number of rotatable bonds is 2. The second-order valence-corrected chi connectivity index (χ2v) is 2.70. The monoisotopic (exact) mass is 216 g/mol. The quantitative estimate of drug-likeness (QED) is 0.713. The molecule has 72 valence electrons. The van der Waals surface area contributed by atoms with E-state index in [0.29, 0.717) is 6.29 Å². The summed E-state index contributed by atoms with van der Waals surface area (Å²) in [7, 11) is 0. The fourth-order valence-corrected chi connectivity index (χ4v) is 1.12.